The molecule has 1 aromatic carbocycles. The minimum atomic E-state index is -4.65. The van der Waals surface area contributed by atoms with Crippen molar-refractivity contribution in [2.75, 3.05) is 38.5 Å². The average molecular weight is 454 g/mol. The molecule has 0 spiro atoms. The Bertz CT molecular complexity index is 823. The summed E-state index contributed by atoms with van der Waals surface area (Å²) in [5.74, 6) is -0.454. The van der Waals surface area contributed by atoms with Crippen molar-refractivity contribution in [3.05, 3.63) is 34.9 Å². The van der Waals surface area contributed by atoms with Gasteiger partial charge in [0.25, 0.3) is 5.91 Å². The Kier molecular flexibility index (Phi) is 8.62. The fourth-order valence-electron chi connectivity index (χ4n) is 3.28. The predicted octanol–water partition coefficient (Wildman–Crippen LogP) is 2.56. The molecule has 0 radical (unpaired) electrons. The number of nitrogens with one attached hydrogen (secondary N) is 2. The number of sulfonamides is 1. The molecule has 1 saturated heterocycles. The lowest BCUT2D eigenvalue weighted by Crippen LogP contribution is -2.42. The number of likely N-dealkylation sites (tertiary alicyclic amines) is 1. The Labute approximate surface area is 174 Å². The fraction of sp³-hybridized carbons (Fsp3) is 0.632. The number of carbonyl (C=O) groups is 1. The second-order valence-electron chi connectivity index (χ2n) is 7.34. The minimum Gasteiger partial charge on any atom is -0.352 e. The molecule has 30 heavy (non-hydrogen) atoms. The third kappa shape index (κ3) is 7.51. The van der Waals surface area contributed by atoms with E-state index in [9.17, 15) is 30.8 Å². The maximum absolute atomic E-state index is 12.9. The molecule has 1 aliphatic heterocycles. The topological polar surface area (TPSA) is 78.5 Å². The zero-order valence-electron chi connectivity index (χ0n) is 16.8. The number of alkyl halides is 4. The number of piperidine rings is 1. The largest absolute Gasteiger partial charge is 0.416 e. The second kappa shape index (κ2) is 10.5. The molecule has 11 heteroatoms. The summed E-state index contributed by atoms with van der Waals surface area (Å²) in [6.45, 7) is 3.21. The van der Waals surface area contributed by atoms with Crippen molar-refractivity contribution >= 4 is 15.9 Å². The maximum Gasteiger partial charge on any atom is 0.416 e. The molecule has 6 nitrogen and oxygen atoms in total. The number of hydrogen-bond donors (Lipinski definition) is 2. The first-order chi connectivity index (χ1) is 14.0. The number of hydrogen-bond acceptors (Lipinski definition) is 4. The first-order valence-corrected chi connectivity index (χ1v) is 11.4. The normalized spacial score (nSPS) is 16.6. The Morgan fingerprint density at radius 2 is 1.87 bits per heavy atom. The molecule has 1 fully saturated rings. The molecule has 2 rings (SSSR count). The molecule has 0 atom stereocenters. The van der Waals surface area contributed by atoms with E-state index in [0.717, 1.165) is 38.1 Å². The molecular formula is C19H27F4N3O3S. The van der Waals surface area contributed by atoms with E-state index in [-0.39, 0.29) is 22.8 Å². The third-order valence-corrected chi connectivity index (χ3v) is 6.53. The van der Waals surface area contributed by atoms with Crippen LogP contribution >= 0.6 is 0 Å². The van der Waals surface area contributed by atoms with Gasteiger partial charge < -0.3 is 10.2 Å². The predicted molar refractivity (Wildman–Crippen MR) is 105 cm³/mol. The van der Waals surface area contributed by atoms with E-state index in [1.807, 2.05) is 0 Å². The van der Waals surface area contributed by atoms with Crippen molar-refractivity contribution < 1.29 is 30.8 Å². The number of amides is 1. The molecule has 0 saturated carbocycles. The van der Waals surface area contributed by atoms with Gasteiger partial charge in [0, 0.05) is 25.2 Å². The van der Waals surface area contributed by atoms with E-state index < -0.39 is 34.3 Å². The van der Waals surface area contributed by atoms with Crippen LogP contribution in [-0.4, -0.2) is 57.7 Å². The summed E-state index contributed by atoms with van der Waals surface area (Å²) in [5, 5.41) is 2.65. The highest BCUT2D eigenvalue weighted by Gasteiger charge is 2.32. The highest BCUT2D eigenvalue weighted by molar-refractivity contribution is 7.89. The van der Waals surface area contributed by atoms with Crippen LogP contribution in [-0.2, 0) is 22.9 Å². The van der Waals surface area contributed by atoms with Crippen LogP contribution < -0.4 is 10.0 Å². The Morgan fingerprint density at radius 3 is 2.43 bits per heavy atom. The molecular weight excluding hydrogens is 426 g/mol. The molecule has 1 aliphatic rings. The van der Waals surface area contributed by atoms with Crippen LogP contribution in [0.3, 0.4) is 0 Å². The molecule has 0 aliphatic carbocycles. The van der Waals surface area contributed by atoms with Gasteiger partial charge >= 0.3 is 6.18 Å². The molecule has 170 valence electrons. The van der Waals surface area contributed by atoms with Crippen molar-refractivity contribution in [1.29, 1.82) is 0 Å². The van der Waals surface area contributed by atoms with Gasteiger partial charge in [-0.15, -0.1) is 0 Å². The lowest BCUT2D eigenvalue weighted by molar-refractivity contribution is -0.137. The van der Waals surface area contributed by atoms with Crippen LogP contribution in [0, 0.1) is 5.92 Å². The SMILES string of the molecule is CCS(=O)(=O)NCCN1CCC(CNC(=O)c2cc(CF)cc(C(F)(F)F)c2)CC1. The van der Waals surface area contributed by atoms with E-state index in [1.165, 1.54) is 0 Å². The monoisotopic (exact) mass is 453 g/mol. The quantitative estimate of drug-likeness (QED) is 0.564. The van der Waals surface area contributed by atoms with Crippen molar-refractivity contribution in [3.8, 4) is 0 Å². The van der Waals surface area contributed by atoms with Crippen LogP contribution in [0.4, 0.5) is 17.6 Å². The summed E-state index contributed by atoms with van der Waals surface area (Å²) in [7, 11) is -3.21. The van der Waals surface area contributed by atoms with E-state index >= 15 is 0 Å². The van der Waals surface area contributed by atoms with Crippen LogP contribution in [0.25, 0.3) is 0 Å². The first kappa shape index (κ1) is 24.5. The third-order valence-electron chi connectivity index (χ3n) is 5.13. The smallest absolute Gasteiger partial charge is 0.352 e. The van der Waals surface area contributed by atoms with Gasteiger partial charge in [0.1, 0.15) is 6.67 Å². The maximum atomic E-state index is 12.9. The second-order valence-corrected chi connectivity index (χ2v) is 9.44. The number of nitrogens with zero attached hydrogens (tertiary/aromatic N) is 1. The summed E-state index contributed by atoms with van der Waals surface area (Å²) in [6.07, 6.45) is -3.10. The number of carbonyl (C=O) groups excluding carboxylic acids is 1. The minimum absolute atomic E-state index is 0.0352. The van der Waals surface area contributed by atoms with E-state index in [1.54, 1.807) is 6.92 Å². The van der Waals surface area contributed by atoms with Gasteiger partial charge in [0.05, 0.1) is 11.3 Å². The van der Waals surface area contributed by atoms with Gasteiger partial charge in [-0.05, 0) is 62.5 Å². The van der Waals surface area contributed by atoms with Crippen molar-refractivity contribution in [2.24, 2.45) is 5.92 Å². The lowest BCUT2D eigenvalue weighted by atomic mass is 9.96. The molecule has 1 amide bonds. The molecule has 0 aromatic heterocycles. The van der Waals surface area contributed by atoms with Gasteiger partial charge in [0.2, 0.25) is 10.0 Å². The fourth-order valence-corrected chi connectivity index (χ4v) is 3.88. The van der Waals surface area contributed by atoms with E-state index in [0.29, 0.717) is 25.7 Å². The van der Waals surface area contributed by atoms with Crippen molar-refractivity contribution in [3.63, 3.8) is 0 Å². The van der Waals surface area contributed by atoms with Crippen LogP contribution in [0.2, 0.25) is 0 Å². The molecule has 0 unspecified atom stereocenters. The summed E-state index contributed by atoms with van der Waals surface area (Å²) < 4.78 is 77.1. The number of rotatable bonds is 9. The summed E-state index contributed by atoms with van der Waals surface area (Å²) in [4.78, 5) is 14.4. The highest BCUT2D eigenvalue weighted by Crippen LogP contribution is 2.31. The number of halogens is 4. The summed E-state index contributed by atoms with van der Waals surface area (Å²) in [5.41, 5.74) is -1.45. The van der Waals surface area contributed by atoms with Crippen molar-refractivity contribution in [2.45, 2.75) is 32.6 Å². The average Bonchev–Trinajstić information content (AvgIpc) is 2.71. The van der Waals surface area contributed by atoms with Gasteiger partial charge in [-0.1, -0.05) is 0 Å². The van der Waals surface area contributed by atoms with Crippen LogP contribution in [0.15, 0.2) is 18.2 Å². The zero-order valence-corrected chi connectivity index (χ0v) is 17.6. The molecule has 1 heterocycles. The molecule has 2 N–H and O–H groups in total. The van der Waals surface area contributed by atoms with Gasteiger partial charge in [0.15, 0.2) is 0 Å². The lowest BCUT2D eigenvalue weighted by Gasteiger charge is -2.32. The Morgan fingerprint density at radius 1 is 1.20 bits per heavy atom. The van der Waals surface area contributed by atoms with Gasteiger partial charge in [-0.3, -0.25) is 4.79 Å². The summed E-state index contributed by atoms with van der Waals surface area (Å²) >= 11 is 0. The van der Waals surface area contributed by atoms with Crippen LogP contribution in [0.1, 0.15) is 41.3 Å². The van der Waals surface area contributed by atoms with Gasteiger partial charge in [-0.2, -0.15) is 13.2 Å². The number of benzene rings is 1. The zero-order chi connectivity index (χ0) is 22.4. The van der Waals surface area contributed by atoms with Crippen LogP contribution in [0.5, 0.6) is 0 Å². The van der Waals surface area contributed by atoms with Crippen molar-refractivity contribution in [1.82, 2.24) is 14.9 Å². The molecule has 1 aromatic rings. The molecule has 0 bridgehead atoms. The van der Waals surface area contributed by atoms with E-state index in [2.05, 4.69) is 14.9 Å². The standard InChI is InChI=1S/C19H27F4N3O3S/c1-2-30(28,29)25-5-8-26-6-3-14(4-7-26)13-24-18(27)16-9-15(12-20)10-17(11-16)19(21,22)23/h9-11,14,25H,2-8,12-13H2,1H3,(H,24,27). The Hall–Kier alpha value is -1.72. The Balaban J connectivity index is 1.81. The van der Waals surface area contributed by atoms with E-state index in [4.69, 9.17) is 0 Å². The first-order valence-electron chi connectivity index (χ1n) is 9.79. The van der Waals surface area contributed by atoms with Gasteiger partial charge in [-0.25, -0.2) is 17.5 Å². The highest BCUT2D eigenvalue weighted by atomic mass is 32.2. The summed E-state index contributed by atoms with van der Waals surface area (Å²) in [6, 6.07) is 2.56.